The van der Waals surface area contributed by atoms with Gasteiger partial charge in [-0.1, -0.05) is 28.4 Å². The van der Waals surface area contributed by atoms with Crippen molar-refractivity contribution in [2.75, 3.05) is 5.33 Å². The Morgan fingerprint density at radius 1 is 1.11 bits per heavy atom. The van der Waals surface area contributed by atoms with Crippen molar-refractivity contribution in [1.82, 2.24) is 0 Å². The molecule has 3 fully saturated rings. The van der Waals surface area contributed by atoms with Crippen molar-refractivity contribution in [3.05, 3.63) is 11.6 Å². The molecule has 0 radical (unpaired) electrons. The number of carbonyl (C=O) groups excluding carboxylic acids is 2. The predicted octanol–water partition coefficient (Wildman–Crippen LogP) is 5.68. The van der Waals surface area contributed by atoms with Gasteiger partial charge < -0.3 is 4.43 Å². The molecule has 0 saturated heterocycles. The first-order valence-corrected chi connectivity index (χ1v) is 15.7. The van der Waals surface area contributed by atoms with Crippen LogP contribution in [0.25, 0.3) is 0 Å². The molecule has 0 aromatic rings. The number of carbonyl (C=O) groups is 2. The van der Waals surface area contributed by atoms with Gasteiger partial charge in [-0.3, -0.25) is 9.59 Å². The summed E-state index contributed by atoms with van der Waals surface area (Å²) in [5, 5.41) is 0.826. The largest absolute Gasteiger partial charge is 0.413 e. The molecule has 4 aliphatic carbocycles. The Morgan fingerprint density at radius 3 is 2.54 bits per heavy atom. The minimum absolute atomic E-state index is 0.0203. The third-order valence-electron chi connectivity index (χ3n) is 8.48. The molecule has 6 atom stereocenters. The van der Waals surface area contributed by atoms with E-state index in [0.717, 1.165) is 50.3 Å². The van der Waals surface area contributed by atoms with Gasteiger partial charge in [-0.15, -0.1) is 0 Å². The lowest BCUT2D eigenvalue weighted by atomic mass is 9.46. The average Bonchev–Trinajstić information content (AvgIpc) is 2.93. The maximum atomic E-state index is 12.7. The molecule has 3 nitrogen and oxygen atoms in total. The number of hydrogen-bond donors (Lipinski definition) is 0. The lowest BCUT2D eigenvalue weighted by Crippen LogP contribution is -2.58. The second kappa shape index (κ2) is 7.16. The fourth-order valence-electron chi connectivity index (χ4n) is 7.35. The highest BCUT2D eigenvalue weighted by Crippen LogP contribution is 2.66. The lowest BCUT2D eigenvalue weighted by molar-refractivity contribution is -0.135. The third kappa shape index (κ3) is 3.15. The van der Waals surface area contributed by atoms with Crippen LogP contribution in [0.3, 0.4) is 0 Å². The van der Waals surface area contributed by atoms with E-state index in [1.54, 1.807) is 0 Å². The van der Waals surface area contributed by atoms with Crippen molar-refractivity contribution >= 4 is 35.8 Å². The van der Waals surface area contributed by atoms with Gasteiger partial charge in [0, 0.05) is 29.0 Å². The SMILES string of the molecule is C[C@]12CC[C@H]3[C@@H](CCC4=CC(=O)CCC43C(CBr)O[Si](C)(C)C)[C@@H]1CCC2=O. The van der Waals surface area contributed by atoms with Crippen LogP contribution in [0.1, 0.15) is 58.3 Å². The fraction of sp³-hybridized carbons (Fsp3) is 0.826. The minimum atomic E-state index is -1.73. The fourth-order valence-corrected chi connectivity index (χ4v) is 9.45. The van der Waals surface area contributed by atoms with Crippen LogP contribution >= 0.6 is 15.9 Å². The van der Waals surface area contributed by atoms with Crippen LogP contribution < -0.4 is 0 Å². The average molecular weight is 468 g/mol. The van der Waals surface area contributed by atoms with Crippen molar-refractivity contribution in [2.24, 2.45) is 28.6 Å². The van der Waals surface area contributed by atoms with Crippen LogP contribution in [-0.2, 0) is 14.0 Å². The highest BCUT2D eigenvalue weighted by atomic mass is 79.9. The molecule has 3 saturated carbocycles. The van der Waals surface area contributed by atoms with Gasteiger partial charge in [0.2, 0.25) is 0 Å². The van der Waals surface area contributed by atoms with Crippen LogP contribution in [0.5, 0.6) is 0 Å². The Hall–Kier alpha value is -0.263. The smallest absolute Gasteiger partial charge is 0.184 e. The summed E-state index contributed by atoms with van der Waals surface area (Å²) in [6.45, 7) is 9.05. The molecular weight excluding hydrogens is 432 g/mol. The van der Waals surface area contributed by atoms with E-state index in [4.69, 9.17) is 4.43 Å². The van der Waals surface area contributed by atoms with Gasteiger partial charge in [-0.25, -0.2) is 0 Å². The lowest BCUT2D eigenvalue weighted by Gasteiger charge is -2.60. The van der Waals surface area contributed by atoms with Gasteiger partial charge in [-0.2, -0.15) is 0 Å². The molecule has 0 heterocycles. The summed E-state index contributed by atoms with van der Waals surface area (Å²) >= 11 is 3.80. The summed E-state index contributed by atoms with van der Waals surface area (Å²) in [5.41, 5.74) is 1.24. The minimum Gasteiger partial charge on any atom is -0.413 e. The summed E-state index contributed by atoms with van der Waals surface area (Å²) in [4.78, 5) is 25.0. The highest BCUT2D eigenvalue weighted by Gasteiger charge is 2.62. The van der Waals surface area contributed by atoms with Crippen LogP contribution in [0, 0.1) is 28.6 Å². The predicted molar refractivity (Wildman–Crippen MR) is 118 cm³/mol. The van der Waals surface area contributed by atoms with Crippen molar-refractivity contribution in [2.45, 2.75) is 84.0 Å². The third-order valence-corrected chi connectivity index (χ3v) is 10.1. The molecule has 0 spiro atoms. The van der Waals surface area contributed by atoms with Crippen LogP contribution in [0.4, 0.5) is 0 Å². The summed E-state index contributed by atoms with van der Waals surface area (Å²) in [5.74, 6) is 2.46. The summed E-state index contributed by atoms with van der Waals surface area (Å²) < 4.78 is 6.80. The van der Waals surface area contributed by atoms with Gasteiger partial charge in [0.15, 0.2) is 14.1 Å². The second-order valence-corrected chi connectivity index (χ2v) is 16.0. The molecule has 156 valence electrons. The number of halogens is 1. The maximum Gasteiger partial charge on any atom is 0.184 e. The first-order valence-electron chi connectivity index (χ1n) is 11.1. The molecule has 0 aromatic carbocycles. The number of rotatable bonds is 4. The molecule has 0 aliphatic heterocycles. The van der Waals surface area contributed by atoms with Gasteiger partial charge in [0.05, 0.1) is 6.10 Å². The Bertz CT molecular complexity index is 711. The zero-order valence-corrected chi connectivity index (χ0v) is 20.4. The zero-order valence-electron chi connectivity index (χ0n) is 17.9. The molecule has 4 rings (SSSR count). The molecule has 0 N–H and O–H groups in total. The Balaban J connectivity index is 1.77. The van der Waals surface area contributed by atoms with Gasteiger partial charge in [0.25, 0.3) is 0 Å². The van der Waals surface area contributed by atoms with Gasteiger partial charge in [0.1, 0.15) is 5.78 Å². The van der Waals surface area contributed by atoms with E-state index < -0.39 is 8.32 Å². The molecule has 0 aromatic heterocycles. The quantitative estimate of drug-likeness (QED) is 0.395. The van der Waals surface area contributed by atoms with E-state index in [1.807, 2.05) is 6.08 Å². The molecule has 2 unspecified atom stereocenters. The molecular formula is C23H35BrO3Si. The Kier molecular flexibility index (Phi) is 5.37. The highest BCUT2D eigenvalue weighted by molar-refractivity contribution is 9.09. The van der Waals surface area contributed by atoms with E-state index in [1.165, 1.54) is 5.57 Å². The number of Topliss-reactive ketones (excluding diaryl/α,β-unsaturated/α-hetero) is 1. The van der Waals surface area contributed by atoms with Crippen molar-refractivity contribution in [1.29, 1.82) is 0 Å². The molecule has 4 aliphatic rings. The zero-order chi connectivity index (χ0) is 20.3. The van der Waals surface area contributed by atoms with Crippen molar-refractivity contribution < 1.29 is 14.0 Å². The number of alkyl halides is 1. The molecule has 28 heavy (non-hydrogen) atoms. The van der Waals surface area contributed by atoms with E-state index in [-0.39, 0.29) is 16.9 Å². The Labute approximate surface area is 179 Å². The Morgan fingerprint density at radius 2 is 1.86 bits per heavy atom. The molecule has 0 bridgehead atoms. The van der Waals surface area contributed by atoms with Crippen LogP contribution in [0.2, 0.25) is 19.6 Å². The van der Waals surface area contributed by atoms with E-state index in [9.17, 15) is 9.59 Å². The first-order chi connectivity index (χ1) is 13.1. The monoisotopic (exact) mass is 466 g/mol. The summed E-state index contributed by atoms with van der Waals surface area (Å²) in [6.07, 6.45) is 9.79. The topological polar surface area (TPSA) is 43.4 Å². The number of ketones is 2. The van der Waals surface area contributed by atoms with Crippen molar-refractivity contribution in [3.63, 3.8) is 0 Å². The first kappa shape index (κ1) is 21.0. The number of hydrogen-bond acceptors (Lipinski definition) is 3. The van der Waals surface area contributed by atoms with Gasteiger partial charge in [-0.05, 0) is 82.0 Å². The summed E-state index contributed by atoms with van der Waals surface area (Å²) in [6, 6.07) is 0. The second-order valence-electron chi connectivity index (χ2n) is 10.9. The molecule has 0 amide bonds. The molecule has 5 heteroatoms. The maximum absolute atomic E-state index is 12.7. The van der Waals surface area contributed by atoms with Crippen LogP contribution in [-0.4, -0.2) is 31.3 Å². The normalized spacial score (nSPS) is 41.8. The van der Waals surface area contributed by atoms with E-state index in [0.29, 0.717) is 35.7 Å². The summed E-state index contributed by atoms with van der Waals surface area (Å²) in [7, 11) is -1.73. The van der Waals surface area contributed by atoms with E-state index in [2.05, 4.69) is 42.5 Å². The van der Waals surface area contributed by atoms with Crippen LogP contribution in [0.15, 0.2) is 11.6 Å². The number of fused-ring (bicyclic) bond motifs is 5. The standard InChI is InChI=1S/C23H35BrO3Si/c1-22-11-10-19-17(18(22)7-8-20(22)26)6-5-15-13-16(25)9-12-23(15,19)21(14-24)27-28(2,3)4/h13,17-19,21H,5-12,14H2,1-4H3/t17-,18-,19-,21?,22-,23?/m0/s1. The van der Waals surface area contributed by atoms with Gasteiger partial charge >= 0.3 is 0 Å². The van der Waals surface area contributed by atoms with E-state index >= 15 is 0 Å². The van der Waals surface area contributed by atoms with Crippen molar-refractivity contribution in [3.8, 4) is 0 Å².